The van der Waals surface area contributed by atoms with Crippen molar-refractivity contribution in [3.63, 3.8) is 0 Å². The van der Waals surface area contributed by atoms with E-state index in [4.69, 9.17) is 4.42 Å². The smallest absolute Gasteiger partial charge is 0.295 e. The number of hydrogen-bond donors (Lipinski definition) is 1. The van der Waals surface area contributed by atoms with Crippen LogP contribution in [0.15, 0.2) is 4.42 Å². The van der Waals surface area contributed by atoms with Gasteiger partial charge in [-0.25, -0.2) is 4.98 Å². The molecule has 1 aromatic rings. The highest BCUT2D eigenvalue weighted by Crippen LogP contribution is 2.24. The Hall–Kier alpha value is -1.59. The lowest BCUT2D eigenvalue weighted by Gasteiger charge is -2.13. The molecule has 1 aliphatic heterocycles. The predicted molar refractivity (Wildman–Crippen MR) is 98.6 cm³/mol. The summed E-state index contributed by atoms with van der Waals surface area (Å²) in [6.07, 6.45) is 16.0. The minimum Gasteiger partial charge on any atom is -0.446 e. The molecule has 6 heteroatoms. The van der Waals surface area contributed by atoms with Gasteiger partial charge in [-0.15, -0.1) is 0 Å². The largest absolute Gasteiger partial charge is 0.446 e. The number of nitrogens with zero attached hydrogens (tertiary/aromatic N) is 1. The van der Waals surface area contributed by atoms with Gasteiger partial charge in [-0.05, 0) is 0 Å². The molecule has 1 aromatic heterocycles. The van der Waals surface area contributed by atoms with Crippen molar-refractivity contribution in [2.75, 3.05) is 0 Å². The van der Waals surface area contributed by atoms with E-state index >= 15 is 0 Å². The fourth-order valence-electron chi connectivity index (χ4n) is 4.04. The van der Waals surface area contributed by atoms with Crippen LogP contribution in [0.5, 0.6) is 0 Å². The average molecular weight is 344 g/mol. The molecule has 0 spiro atoms. The Morgan fingerprint density at radius 2 is 1.44 bits per heavy atom. The van der Waals surface area contributed by atoms with Gasteiger partial charge in [0.1, 0.15) is 11.5 Å². The van der Waals surface area contributed by atoms with E-state index in [2.05, 4.69) is 10.3 Å². The van der Waals surface area contributed by atoms with Gasteiger partial charge in [-0.1, -0.05) is 82.9 Å². The Kier molecular flexibility index (Phi) is 6.71. The zero-order chi connectivity index (χ0) is 17.5. The number of carbonyl (C=O) groups is 2. The Labute approximate surface area is 150 Å². The molecule has 0 atom stereocenters. The Morgan fingerprint density at radius 1 is 0.880 bits per heavy atom. The number of oxazole rings is 1. The van der Waals surface area contributed by atoms with Gasteiger partial charge in [-0.2, -0.15) is 0 Å². The number of amides is 2. The van der Waals surface area contributed by atoms with Crippen molar-refractivity contribution in [1.29, 1.82) is 0 Å². The minimum atomic E-state index is -0.444. The van der Waals surface area contributed by atoms with Crippen LogP contribution in [0, 0.1) is 0 Å². The highest BCUT2D eigenvalue weighted by Gasteiger charge is 2.29. The molecule has 0 bridgehead atoms. The first-order valence-corrected chi connectivity index (χ1v) is 10.0. The lowest BCUT2D eigenvalue weighted by Crippen LogP contribution is -2.36. The Bertz CT molecular complexity index is 585. The highest BCUT2D eigenvalue weighted by molar-refractivity contribution is 6.52. The van der Waals surface area contributed by atoms with Crippen LogP contribution in [-0.4, -0.2) is 24.1 Å². The summed E-state index contributed by atoms with van der Waals surface area (Å²) in [6, 6.07) is 0. The third-order valence-electron chi connectivity index (χ3n) is 5.47. The monoisotopic (exact) mass is 344 g/mol. The van der Waals surface area contributed by atoms with E-state index in [1.165, 1.54) is 77.0 Å². The maximum Gasteiger partial charge on any atom is 0.295 e. The molecule has 1 N–H and O–H groups in total. The van der Waals surface area contributed by atoms with Crippen LogP contribution in [0.1, 0.15) is 93.3 Å². The summed E-state index contributed by atoms with van der Waals surface area (Å²) >= 11 is 0. The van der Waals surface area contributed by atoms with Gasteiger partial charge in [0.15, 0.2) is 0 Å². The molecule has 25 heavy (non-hydrogen) atoms. The van der Waals surface area contributed by atoms with Crippen molar-refractivity contribution in [3.05, 3.63) is 11.5 Å². The first-order chi connectivity index (χ1) is 12.2. The van der Waals surface area contributed by atoms with Crippen LogP contribution in [0.2, 0.25) is 5.82 Å². The summed E-state index contributed by atoms with van der Waals surface area (Å²) in [5.41, 5.74) is 0.508. The number of fused-ring (bicyclic) bond motifs is 1. The van der Waals surface area contributed by atoms with Crippen LogP contribution < -0.4 is 11.1 Å². The molecule has 3 rings (SSSR count). The minimum absolute atomic E-state index is 0.148. The molecular formula is C19H29BN2O3. The summed E-state index contributed by atoms with van der Waals surface area (Å²) in [4.78, 5) is 27.7. The second-order valence-electron chi connectivity index (χ2n) is 7.62. The lowest BCUT2D eigenvalue weighted by molar-refractivity contribution is -0.119. The molecule has 0 radical (unpaired) electrons. The van der Waals surface area contributed by atoms with Crippen LogP contribution in [0.4, 0.5) is 0 Å². The van der Waals surface area contributed by atoms with Gasteiger partial charge < -0.3 is 4.42 Å². The SMILES string of the molecule is O=C1Cc2nc(BC3CCCCCCCCCCCC3)oc2C(=O)N1. The van der Waals surface area contributed by atoms with Crippen LogP contribution in [0.25, 0.3) is 0 Å². The summed E-state index contributed by atoms with van der Waals surface area (Å²) in [7, 11) is 0.786. The topological polar surface area (TPSA) is 72.2 Å². The second-order valence-corrected chi connectivity index (χ2v) is 7.62. The number of carbonyl (C=O) groups excluding carboxylic acids is 2. The van der Waals surface area contributed by atoms with E-state index in [9.17, 15) is 9.59 Å². The Morgan fingerprint density at radius 3 is 2.04 bits per heavy atom. The molecule has 2 aliphatic rings. The van der Waals surface area contributed by atoms with E-state index in [1.807, 2.05) is 0 Å². The van der Waals surface area contributed by atoms with Crippen LogP contribution in [0.3, 0.4) is 0 Å². The van der Waals surface area contributed by atoms with Crippen molar-refractivity contribution in [1.82, 2.24) is 10.3 Å². The van der Waals surface area contributed by atoms with Crippen molar-refractivity contribution in [2.24, 2.45) is 0 Å². The van der Waals surface area contributed by atoms with Crippen LogP contribution in [-0.2, 0) is 11.2 Å². The summed E-state index contributed by atoms with van der Waals surface area (Å²) < 4.78 is 5.69. The first-order valence-electron chi connectivity index (χ1n) is 10.0. The molecule has 1 saturated carbocycles. The fraction of sp³-hybridized carbons (Fsp3) is 0.737. The molecule has 2 heterocycles. The van der Waals surface area contributed by atoms with Gasteiger partial charge in [0, 0.05) is 0 Å². The van der Waals surface area contributed by atoms with Crippen molar-refractivity contribution >= 4 is 24.9 Å². The third-order valence-corrected chi connectivity index (χ3v) is 5.47. The Balaban J connectivity index is 1.59. The summed E-state index contributed by atoms with van der Waals surface area (Å²) in [5, 5.41) is 2.29. The number of aromatic nitrogens is 1. The second kappa shape index (κ2) is 9.21. The molecule has 136 valence electrons. The van der Waals surface area contributed by atoms with E-state index in [0.29, 0.717) is 17.3 Å². The van der Waals surface area contributed by atoms with Gasteiger partial charge >= 0.3 is 0 Å². The summed E-state index contributed by atoms with van der Waals surface area (Å²) in [5.74, 6) is 0.697. The van der Waals surface area contributed by atoms with Gasteiger partial charge in [0.2, 0.25) is 18.9 Å². The lowest BCUT2D eigenvalue weighted by atomic mass is 9.60. The molecule has 0 unspecified atom stereocenters. The predicted octanol–water partition coefficient (Wildman–Crippen LogP) is 3.03. The summed E-state index contributed by atoms with van der Waals surface area (Å²) in [6.45, 7) is 0. The number of imide groups is 1. The zero-order valence-corrected chi connectivity index (χ0v) is 15.1. The molecule has 2 amide bonds. The standard InChI is InChI=1S/C19H29BN2O3/c23-16-13-15-17(18(24)22-16)25-19(21-15)20-14-11-9-7-5-3-1-2-4-6-8-10-12-14/h14,20H,1-13H2,(H,22,23,24). The highest BCUT2D eigenvalue weighted by atomic mass is 16.4. The van der Waals surface area contributed by atoms with Crippen molar-refractivity contribution in [2.45, 2.75) is 89.3 Å². The molecular weight excluding hydrogens is 315 g/mol. The number of hydrogen-bond acceptors (Lipinski definition) is 4. The van der Waals surface area contributed by atoms with Gasteiger partial charge in [0.05, 0.1) is 6.42 Å². The molecule has 1 fully saturated rings. The van der Waals surface area contributed by atoms with Gasteiger partial charge in [-0.3, -0.25) is 14.9 Å². The van der Waals surface area contributed by atoms with E-state index in [-0.39, 0.29) is 18.1 Å². The van der Waals surface area contributed by atoms with E-state index < -0.39 is 5.91 Å². The van der Waals surface area contributed by atoms with E-state index in [1.54, 1.807) is 0 Å². The van der Waals surface area contributed by atoms with Crippen LogP contribution >= 0.6 is 0 Å². The van der Waals surface area contributed by atoms with Gasteiger partial charge in [0.25, 0.3) is 5.91 Å². The molecule has 5 nitrogen and oxygen atoms in total. The van der Waals surface area contributed by atoms with Crippen molar-refractivity contribution < 1.29 is 14.0 Å². The number of rotatable bonds is 2. The van der Waals surface area contributed by atoms with E-state index in [0.717, 1.165) is 7.28 Å². The fourth-order valence-corrected chi connectivity index (χ4v) is 4.04. The maximum absolute atomic E-state index is 11.8. The third kappa shape index (κ3) is 5.45. The molecule has 0 aromatic carbocycles. The average Bonchev–Trinajstić information content (AvgIpc) is 2.98. The quantitative estimate of drug-likeness (QED) is 0.661. The zero-order valence-electron chi connectivity index (χ0n) is 15.1. The maximum atomic E-state index is 11.8. The normalized spacial score (nSPS) is 21.4. The molecule has 0 saturated heterocycles. The molecule has 1 aliphatic carbocycles. The number of nitrogens with one attached hydrogen (secondary N) is 1. The first kappa shape index (κ1) is 18.2. The van der Waals surface area contributed by atoms with Crippen molar-refractivity contribution in [3.8, 4) is 0 Å².